The van der Waals surface area contributed by atoms with Gasteiger partial charge in [0.2, 0.25) is 0 Å². The minimum Gasteiger partial charge on any atom is -0.460 e. The lowest BCUT2D eigenvalue weighted by Crippen LogP contribution is -2.44. The van der Waals surface area contributed by atoms with Crippen molar-refractivity contribution in [2.45, 2.75) is 72.4 Å². The Kier molecular flexibility index (Phi) is 6.88. The molecule has 178 valence electrons. The van der Waals surface area contributed by atoms with E-state index in [1.54, 1.807) is 13.8 Å². The SMILES string of the molecule is CC1=C[C@@](C)(O)[C@@H](C)O[C@H]1/C(C)=C/C=C/C=C/C=C/C=C/[C@]1(C)[C@H]2OC(=O)C1(C)C(=O)C2C. The zero-order valence-electron chi connectivity index (χ0n) is 20.7. The minimum atomic E-state index is -1.10. The van der Waals surface area contributed by atoms with Gasteiger partial charge in [-0.15, -0.1) is 0 Å². The third kappa shape index (κ3) is 4.24. The van der Waals surface area contributed by atoms with Gasteiger partial charge in [0.1, 0.15) is 17.1 Å². The average Bonchev–Trinajstić information content (AvgIpc) is 3.02. The number of carbonyl (C=O) groups excluding carboxylic acids is 2. The number of ether oxygens (including phenoxy) is 2. The van der Waals surface area contributed by atoms with Crippen LogP contribution in [0.4, 0.5) is 0 Å². The van der Waals surface area contributed by atoms with Crippen LogP contribution in [0.15, 0.2) is 71.9 Å². The van der Waals surface area contributed by atoms with E-state index in [-0.39, 0.29) is 23.9 Å². The normalized spacial score (nSPS) is 41.8. The van der Waals surface area contributed by atoms with Crippen LogP contribution in [0.3, 0.4) is 0 Å². The van der Waals surface area contributed by atoms with E-state index in [1.807, 2.05) is 95.4 Å². The summed E-state index contributed by atoms with van der Waals surface area (Å²) in [5, 5.41) is 10.3. The van der Waals surface area contributed by atoms with Crippen LogP contribution < -0.4 is 0 Å². The van der Waals surface area contributed by atoms with Crippen molar-refractivity contribution >= 4 is 11.8 Å². The molecule has 2 unspecified atom stereocenters. The van der Waals surface area contributed by atoms with Crippen molar-refractivity contribution in [3.05, 3.63) is 71.9 Å². The molecule has 5 nitrogen and oxygen atoms in total. The number of hydrogen-bond acceptors (Lipinski definition) is 5. The highest BCUT2D eigenvalue weighted by Crippen LogP contribution is 2.60. The molecule has 0 aromatic carbocycles. The Morgan fingerprint density at radius 3 is 2.18 bits per heavy atom. The summed E-state index contributed by atoms with van der Waals surface area (Å²) in [6.45, 7) is 13.1. The van der Waals surface area contributed by atoms with Crippen molar-refractivity contribution in [3.63, 3.8) is 0 Å². The molecule has 0 amide bonds. The quantitative estimate of drug-likeness (QED) is 0.271. The Morgan fingerprint density at radius 1 is 1.00 bits per heavy atom. The van der Waals surface area contributed by atoms with E-state index < -0.39 is 28.5 Å². The smallest absolute Gasteiger partial charge is 0.320 e. The lowest BCUT2D eigenvalue weighted by Gasteiger charge is -2.37. The summed E-state index contributed by atoms with van der Waals surface area (Å²) in [6, 6.07) is 0. The highest BCUT2D eigenvalue weighted by Gasteiger charge is 2.73. The maximum absolute atomic E-state index is 12.6. The standard InChI is InChI=1S/C28H36O5/c1-18(22-19(2)17-27(6,31)21(4)32-22)15-13-11-9-8-10-12-14-16-26(5)24-20(3)23(29)28(26,7)25(30)33-24/h8-17,20-22,24,31H,1-7H3/b9-8+,12-10+,13-11+,16-14+,18-15+/t20?,21-,22+,24+,26-,27-,28?/m1/s1. The maximum Gasteiger partial charge on any atom is 0.320 e. The van der Waals surface area contributed by atoms with Gasteiger partial charge in [0.25, 0.3) is 0 Å². The van der Waals surface area contributed by atoms with Gasteiger partial charge in [-0.25, -0.2) is 0 Å². The van der Waals surface area contributed by atoms with Crippen LogP contribution in [0.5, 0.6) is 0 Å². The van der Waals surface area contributed by atoms with Gasteiger partial charge in [0.15, 0.2) is 5.78 Å². The zero-order chi connectivity index (χ0) is 24.6. The van der Waals surface area contributed by atoms with Gasteiger partial charge in [-0.1, -0.05) is 68.5 Å². The summed E-state index contributed by atoms with van der Waals surface area (Å²) in [5.41, 5.74) is -0.596. The maximum atomic E-state index is 12.6. The Hall–Kier alpha value is -2.50. The zero-order valence-corrected chi connectivity index (χ0v) is 20.7. The second kappa shape index (κ2) is 9.03. The lowest BCUT2D eigenvalue weighted by atomic mass is 9.68. The second-order valence-corrected chi connectivity index (χ2v) is 10.1. The number of ketones is 1. The third-order valence-corrected chi connectivity index (χ3v) is 7.65. The van der Waals surface area contributed by atoms with Gasteiger partial charge < -0.3 is 14.6 Å². The molecule has 5 heteroatoms. The molecular weight excluding hydrogens is 416 g/mol. The number of allylic oxidation sites excluding steroid dienone is 8. The first-order valence-electron chi connectivity index (χ1n) is 11.5. The first-order valence-corrected chi connectivity index (χ1v) is 11.5. The number of esters is 1. The highest BCUT2D eigenvalue weighted by atomic mass is 16.6. The molecule has 1 aliphatic carbocycles. The molecule has 3 rings (SSSR count). The molecule has 0 aromatic rings. The van der Waals surface area contributed by atoms with Crippen LogP contribution in [0.1, 0.15) is 48.5 Å². The summed E-state index contributed by atoms with van der Waals surface area (Å²) < 4.78 is 11.5. The van der Waals surface area contributed by atoms with E-state index in [2.05, 4.69) is 0 Å². The Labute approximate surface area is 197 Å². The molecule has 0 aromatic heterocycles. The first-order chi connectivity index (χ1) is 15.4. The Bertz CT molecular complexity index is 992. The van der Waals surface area contributed by atoms with E-state index in [9.17, 15) is 14.7 Å². The van der Waals surface area contributed by atoms with E-state index in [0.29, 0.717) is 0 Å². The van der Waals surface area contributed by atoms with E-state index in [1.165, 1.54) is 0 Å². The summed E-state index contributed by atoms with van der Waals surface area (Å²) >= 11 is 0. The van der Waals surface area contributed by atoms with Crippen LogP contribution in [-0.4, -0.2) is 40.8 Å². The van der Waals surface area contributed by atoms with Crippen LogP contribution in [0, 0.1) is 16.7 Å². The molecule has 1 saturated carbocycles. The van der Waals surface area contributed by atoms with Crippen LogP contribution in [-0.2, 0) is 19.1 Å². The molecular formula is C28H36O5. The van der Waals surface area contributed by atoms with Crippen molar-refractivity contribution < 1.29 is 24.2 Å². The molecule has 2 fully saturated rings. The number of aliphatic hydroxyl groups is 1. The average molecular weight is 453 g/mol. The van der Waals surface area contributed by atoms with Crippen molar-refractivity contribution in [3.8, 4) is 0 Å². The van der Waals surface area contributed by atoms with Crippen molar-refractivity contribution in [2.75, 3.05) is 0 Å². The van der Waals surface area contributed by atoms with Crippen LogP contribution >= 0.6 is 0 Å². The molecule has 33 heavy (non-hydrogen) atoms. The number of fused-ring (bicyclic) bond motifs is 2. The van der Waals surface area contributed by atoms with Gasteiger partial charge in [0, 0.05) is 5.41 Å². The molecule has 1 saturated heterocycles. The fourth-order valence-corrected chi connectivity index (χ4v) is 5.14. The topological polar surface area (TPSA) is 72.8 Å². The fraction of sp³-hybridized carbons (Fsp3) is 0.500. The van der Waals surface area contributed by atoms with Gasteiger partial charge in [-0.05, 0) is 51.8 Å². The van der Waals surface area contributed by atoms with Gasteiger partial charge in [0.05, 0.1) is 18.1 Å². The summed E-state index contributed by atoms with van der Waals surface area (Å²) in [5.74, 6) is -0.718. The van der Waals surface area contributed by atoms with Gasteiger partial charge in [-0.2, -0.15) is 0 Å². The monoisotopic (exact) mass is 452 g/mol. The molecule has 1 N–H and O–H groups in total. The minimum absolute atomic E-state index is 0.0302. The van der Waals surface area contributed by atoms with Gasteiger partial charge in [-0.3, -0.25) is 9.59 Å². The van der Waals surface area contributed by atoms with E-state index >= 15 is 0 Å². The number of rotatable bonds is 6. The molecule has 0 radical (unpaired) electrons. The molecule has 7 atom stereocenters. The summed E-state index contributed by atoms with van der Waals surface area (Å²) in [7, 11) is 0. The predicted octanol–water partition coefficient (Wildman–Crippen LogP) is 4.80. The van der Waals surface area contributed by atoms with Gasteiger partial charge >= 0.3 is 5.97 Å². The van der Waals surface area contributed by atoms with Crippen molar-refractivity contribution in [2.24, 2.45) is 16.7 Å². The molecule has 3 aliphatic rings. The number of carbonyl (C=O) groups is 2. The van der Waals surface area contributed by atoms with Crippen LogP contribution in [0.2, 0.25) is 0 Å². The van der Waals surface area contributed by atoms with Crippen LogP contribution in [0.25, 0.3) is 0 Å². The molecule has 2 heterocycles. The first kappa shape index (κ1) is 25.1. The predicted molar refractivity (Wildman–Crippen MR) is 129 cm³/mol. The third-order valence-electron chi connectivity index (χ3n) is 7.65. The molecule has 2 bridgehead atoms. The number of hydrogen-bond donors (Lipinski definition) is 1. The molecule has 0 spiro atoms. The Balaban J connectivity index is 1.56. The fourth-order valence-electron chi connectivity index (χ4n) is 5.14. The second-order valence-electron chi connectivity index (χ2n) is 10.1. The summed E-state index contributed by atoms with van der Waals surface area (Å²) in [4.78, 5) is 24.8. The lowest BCUT2D eigenvalue weighted by molar-refractivity contribution is -0.161. The number of Topliss-reactive ketones (excluding diaryl/α,β-unsaturated/α-hetero) is 1. The van der Waals surface area contributed by atoms with Crippen molar-refractivity contribution in [1.82, 2.24) is 0 Å². The highest BCUT2D eigenvalue weighted by molar-refractivity contribution is 6.10. The summed E-state index contributed by atoms with van der Waals surface area (Å²) in [6.07, 6.45) is 18.4. The van der Waals surface area contributed by atoms with Crippen molar-refractivity contribution in [1.29, 1.82) is 0 Å². The molecule has 2 aliphatic heterocycles. The largest absolute Gasteiger partial charge is 0.460 e. The van der Waals surface area contributed by atoms with E-state index in [4.69, 9.17) is 9.47 Å². The van der Waals surface area contributed by atoms with E-state index in [0.717, 1.165) is 11.1 Å². The Morgan fingerprint density at radius 2 is 1.58 bits per heavy atom.